The highest BCUT2D eigenvalue weighted by Crippen LogP contribution is 2.17. The van der Waals surface area contributed by atoms with Gasteiger partial charge in [0.2, 0.25) is 5.89 Å². The van der Waals surface area contributed by atoms with E-state index in [2.05, 4.69) is 25.8 Å². The highest BCUT2D eigenvalue weighted by atomic mass is 127. The summed E-state index contributed by atoms with van der Waals surface area (Å²) < 4.78 is 28.7. The molecule has 2 rings (SSSR count). The predicted octanol–water partition coefficient (Wildman–Crippen LogP) is 3.21. The first kappa shape index (κ1) is 26.3. The first-order valence-corrected chi connectivity index (χ1v) is 11.7. The van der Waals surface area contributed by atoms with Crippen molar-refractivity contribution in [1.82, 2.24) is 20.8 Å². The lowest BCUT2D eigenvalue weighted by atomic mass is 10.1. The molecule has 10 heteroatoms. The fourth-order valence-electron chi connectivity index (χ4n) is 2.79. The number of hydrogen-bond donors (Lipinski definition) is 2. The smallest absolute Gasteiger partial charge is 0.226 e. The molecule has 168 valence electrons. The van der Waals surface area contributed by atoms with Gasteiger partial charge in [0, 0.05) is 31.7 Å². The fraction of sp³-hybridized carbons (Fsp3) is 0.550. The van der Waals surface area contributed by atoms with E-state index < -0.39 is 9.84 Å². The molecule has 2 N–H and O–H groups in total. The molecular formula is C20H32IN5O3S. The largest absolute Gasteiger partial charge is 0.357 e. The Labute approximate surface area is 196 Å². The van der Waals surface area contributed by atoms with Crippen LogP contribution in [0.4, 0.5) is 0 Å². The minimum Gasteiger partial charge on any atom is -0.357 e. The van der Waals surface area contributed by atoms with Crippen molar-refractivity contribution in [3.8, 4) is 0 Å². The molecule has 0 saturated heterocycles. The molecule has 0 aliphatic rings. The molecule has 0 fully saturated rings. The zero-order valence-electron chi connectivity index (χ0n) is 18.2. The Morgan fingerprint density at radius 2 is 2.00 bits per heavy atom. The number of aromatic nitrogens is 2. The quantitative estimate of drug-likeness (QED) is 0.214. The zero-order chi connectivity index (χ0) is 21.4. The van der Waals surface area contributed by atoms with Gasteiger partial charge in [0.05, 0.1) is 11.4 Å². The minimum atomic E-state index is -3.21. The van der Waals surface area contributed by atoms with Crippen molar-refractivity contribution in [2.45, 2.75) is 57.9 Å². The summed E-state index contributed by atoms with van der Waals surface area (Å²) in [6.45, 7) is 9.80. The van der Waals surface area contributed by atoms with Crippen LogP contribution in [0.25, 0.3) is 0 Å². The number of rotatable bonds is 9. The van der Waals surface area contributed by atoms with Gasteiger partial charge in [-0.2, -0.15) is 4.98 Å². The number of halogens is 1. The fourth-order valence-corrected chi connectivity index (χ4v) is 3.75. The van der Waals surface area contributed by atoms with Gasteiger partial charge in [-0.1, -0.05) is 31.1 Å². The van der Waals surface area contributed by atoms with Crippen LogP contribution in [0, 0.1) is 6.92 Å². The first-order valence-electron chi connectivity index (χ1n) is 9.85. The lowest BCUT2D eigenvalue weighted by molar-refractivity contribution is 0.368. The second-order valence-corrected chi connectivity index (χ2v) is 9.28. The molecule has 0 amide bonds. The maximum Gasteiger partial charge on any atom is 0.226 e. The number of guanidine groups is 1. The highest BCUT2D eigenvalue weighted by Gasteiger charge is 2.11. The van der Waals surface area contributed by atoms with Crippen molar-refractivity contribution in [3.63, 3.8) is 0 Å². The van der Waals surface area contributed by atoms with Crippen molar-refractivity contribution in [2.24, 2.45) is 4.99 Å². The van der Waals surface area contributed by atoms with Crippen LogP contribution >= 0.6 is 24.0 Å². The maximum atomic E-state index is 11.7. The summed E-state index contributed by atoms with van der Waals surface area (Å²) in [6, 6.07) is 5.31. The number of hydrogen-bond acceptors (Lipinski definition) is 6. The van der Waals surface area contributed by atoms with E-state index in [0.717, 1.165) is 36.5 Å². The molecule has 0 aliphatic carbocycles. The molecule has 1 aromatic heterocycles. The number of benzene rings is 1. The topological polar surface area (TPSA) is 109 Å². The van der Waals surface area contributed by atoms with Crippen LogP contribution in [0.15, 0.2) is 32.6 Å². The molecule has 0 unspecified atom stereocenters. The van der Waals surface area contributed by atoms with Crippen molar-refractivity contribution in [2.75, 3.05) is 19.3 Å². The van der Waals surface area contributed by atoms with Crippen LogP contribution in [0.5, 0.6) is 0 Å². The Hall–Kier alpha value is -1.69. The lowest BCUT2D eigenvalue weighted by Crippen LogP contribution is -2.37. The molecule has 1 heterocycles. The second-order valence-electron chi connectivity index (χ2n) is 7.30. The number of aliphatic imine (C=N–C) groups is 1. The number of sulfone groups is 1. The van der Waals surface area contributed by atoms with Gasteiger partial charge in [-0.05, 0) is 37.5 Å². The van der Waals surface area contributed by atoms with Crippen LogP contribution in [-0.4, -0.2) is 43.9 Å². The molecule has 0 bridgehead atoms. The van der Waals surface area contributed by atoms with Crippen LogP contribution in [0.3, 0.4) is 0 Å². The maximum absolute atomic E-state index is 11.7. The predicted molar refractivity (Wildman–Crippen MR) is 129 cm³/mol. The molecule has 2 aromatic rings. The van der Waals surface area contributed by atoms with E-state index in [1.54, 1.807) is 19.1 Å². The summed E-state index contributed by atoms with van der Waals surface area (Å²) in [4.78, 5) is 9.32. The summed E-state index contributed by atoms with van der Waals surface area (Å²) in [5.74, 6) is 2.36. The van der Waals surface area contributed by atoms with Gasteiger partial charge >= 0.3 is 0 Å². The van der Waals surface area contributed by atoms with Gasteiger partial charge in [-0.3, -0.25) is 0 Å². The number of nitrogens with one attached hydrogen (secondary N) is 2. The average molecular weight is 549 g/mol. The van der Waals surface area contributed by atoms with E-state index in [-0.39, 0.29) is 29.9 Å². The zero-order valence-corrected chi connectivity index (χ0v) is 21.4. The van der Waals surface area contributed by atoms with Crippen molar-refractivity contribution < 1.29 is 12.9 Å². The van der Waals surface area contributed by atoms with Crippen molar-refractivity contribution in [3.05, 3.63) is 41.0 Å². The first-order chi connectivity index (χ1) is 13.7. The molecule has 0 radical (unpaired) electrons. The Bertz CT molecular complexity index is 942. The van der Waals surface area contributed by atoms with E-state index in [9.17, 15) is 8.42 Å². The lowest BCUT2D eigenvalue weighted by Gasteiger charge is -2.11. The van der Waals surface area contributed by atoms with E-state index in [4.69, 9.17) is 4.52 Å². The number of nitrogens with zero attached hydrogens (tertiary/aromatic N) is 3. The summed E-state index contributed by atoms with van der Waals surface area (Å²) in [7, 11) is -3.21. The van der Waals surface area contributed by atoms with Gasteiger partial charge in [-0.25, -0.2) is 13.4 Å². The summed E-state index contributed by atoms with van der Waals surface area (Å²) in [5.41, 5.74) is 1.69. The van der Waals surface area contributed by atoms with Gasteiger partial charge in [0.15, 0.2) is 21.6 Å². The average Bonchev–Trinajstić information content (AvgIpc) is 3.11. The molecule has 0 aliphatic heterocycles. The van der Waals surface area contributed by atoms with E-state index in [1.165, 1.54) is 6.26 Å². The highest BCUT2D eigenvalue weighted by molar-refractivity contribution is 14.0. The summed E-state index contributed by atoms with van der Waals surface area (Å²) in [6.07, 6.45) is 2.77. The molecule has 30 heavy (non-hydrogen) atoms. The van der Waals surface area contributed by atoms with Crippen molar-refractivity contribution >= 4 is 39.8 Å². The Kier molecular flexibility index (Phi) is 10.7. The van der Waals surface area contributed by atoms with E-state index >= 15 is 0 Å². The van der Waals surface area contributed by atoms with Crippen LogP contribution in [0.2, 0.25) is 0 Å². The third-order valence-electron chi connectivity index (χ3n) is 4.26. The van der Waals surface area contributed by atoms with Gasteiger partial charge < -0.3 is 15.2 Å². The Morgan fingerprint density at radius 1 is 1.27 bits per heavy atom. The third kappa shape index (κ3) is 8.21. The Morgan fingerprint density at radius 3 is 2.57 bits per heavy atom. The summed E-state index contributed by atoms with van der Waals surface area (Å²) in [5, 5.41) is 10.5. The molecule has 8 nitrogen and oxygen atoms in total. The SMILES string of the molecule is CCNC(=NCc1ccc(S(C)(=O)=O)c(C)c1)NCCCc1nc(C(C)C)no1.I. The van der Waals surface area contributed by atoms with Crippen LogP contribution < -0.4 is 10.6 Å². The van der Waals surface area contributed by atoms with Gasteiger partial charge in [0.25, 0.3) is 0 Å². The van der Waals surface area contributed by atoms with Crippen LogP contribution in [-0.2, 0) is 22.8 Å². The van der Waals surface area contributed by atoms with E-state index in [1.807, 2.05) is 26.8 Å². The van der Waals surface area contributed by atoms with Gasteiger partial charge in [0.1, 0.15) is 0 Å². The monoisotopic (exact) mass is 549 g/mol. The van der Waals surface area contributed by atoms with Gasteiger partial charge in [-0.15, -0.1) is 24.0 Å². The third-order valence-corrected chi connectivity index (χ3v) is 5.52. The molecule has 0 spiro atoms. The molecule has 0 atom stereocenters. The summed E-state index contributed by atoms with van der Waals surface area (Å²) >= 11 is 0. The normalized spacial score (nSPS) is 12.0. The second kappa shape index (κ2) is 12.2. The Balaban J connectivity index is 0.00000450. The minimum absolute atomic E-state index is 0. The molecule has 0 saturated carbocycles. The van der Waals surface area contributed by atoms with Crippen molar-refractivity contribution in [1.29, 1.82) is 0 Å². The molecule has 1 aromatic carbocycles. The molecular weight excluding hydrogens is 517 g/mol. The van der Waals surface area contributed by atoms with Crippen LogP contribution in [0.1, 0.15) is 56.0 Å². The standard InChI is InChI=1S/C20H31N5O3S.HI/c1-6-21-20(22-11-7-8-18-24-19(14(2)3)25-28-18)23-13-16-9-10-17(15(4)12-16)29(5,26)27;/h9-10,12,14H,6-8,11,13H2,1-5H3,(H2,21,22,23);1H. The number of aryl methyl sites for hydroxylation is 2. The van der Waals surface area contributed by atoms with E-state index in [0.29, 0.717) is 29.7 Å².